The van der Waals surface area contributed by atoms with Crippen LogP contribution in [0.15, 0.2) is 62.5 Å². The number of halogens is 1. The summed E-state index contributed by atoms with van der Waals surface area (Å²) < 4.78 is 6.70. The summed E-state index contributed by atoms with van der Waals surface area (Å²) in [4.78, 5) is 11.7. The zero-order valence-corrected chi connectivity index (χ0v) is 13.5. The topological polar surface area (TPSA) is 54.6 Å². The maximum absolute atomic E-state index is 11.7. The van der Waals surface area contributed by atoms with Crippen LogP contribution in [0.25, 0.3) is 11.3 Å². The Labute approximate surface area is 137 Å². The average Bonchev–Trinajstić information content (AvgIpc) is 2.93. The minimum absolute atomic E-state index is 0.0135. The highest BCUT2D eigenvalue weighted by atomic mass is 79.9. The first-order chi connectivity index (χ1) is 10.6. The molecule has 0 spiro atoms. The molecule has 1 N–H and O–H groups in total. The summed E-state index contributed by atoms with van der Waals surface area (Å²) in [5, 5.41) is 3.94. The average molecular weight is 359 g/mol. The van der Waals surface area contributed by atoms with E-state index < -0.39 is 0 Å². The molecule has 22 heavy (non-hydrogen) atoms. The number of allylic oxidation sites excluding steroid dienone is 1. The molecule has 3 rings (SSSR count). The summed E-state index contributed by atoms with van der Waals surface area (Å²) in [6, 6.07) is 11.5. The van der Waals surface area contributed by atoms with Gasteiger partial charge in [-0.05, 0) is 37.1 Å². The molecule has 5 heteroatoms. The number of benzene rings is 1. The van der Waals surface area contributed by atoms with Gasteiger partial charge in [0.15, 0.2) is 0 Å². The summed E-state index contributed by atoms with van der Waals surface area (Å²) in [5.41, 5.74) is 4.64. The first-order valence-corrected chi connectivity index (χ1v) is 7.76. The van der Waals surface area contributed by atoms with Crippen LogP contribution in [-0.2, 0) is 4.79 Å². The molecule has 1 aromatic carbocycles. The fraction of sp³-hybridized carbons (Fsp3) is 0.176. The van der Waals surface area contributed by atoms with Crippen molar-refractivity contribution in [2.45, 2.75) is 12.8 Å². The fourth-order valence-electron chi connectivity index (χ4n) is 2.26. The third-order valence-electron chi connectivity index (χ3n) is 3.56. The molecule has 1 saturated carbocycles. The summed E-state index contributed by atoms with van der Waals surface area (Å²) in [6.45, 7) is 3.82. The Morgan fingerprint density at radius 1 is 1.27 bits per heavy atom. The monoisotopic (exact) mass is 358 g/mol. The van der Waals surface area contributed by atoms with Crippen molar-refractivity contribution in [3.63, 3.8) is 0 Å². The van der Waals surface area contributed by atoms with Gasteiger partial charge in [-0.15, -0.1) is 0 Å². The molecule has 1 aliphatic rings. The number of nitrogens with zero attached hydrogens (tertiary/aromatic N) is 1. The van der Waals surface area contributed by atoms with Crippen LogP contribution in [-0.4, -0.2) is 12.1 Å². The van der Waals surface area contributed by atoms with Crippen LogP contribution < -0.4 is 5.43 Å². The van der Waals surface area contributed by atoms with Gasteiger partial charge in [0.25, 0.3) is 0 Å². The molecule has 0 atom stereocenters. The molecule has 1 aromatic heterocycles. The number of furan rings is 1. The van der Waals surface area contributed by atoms with Crippen LogP contribution in [0.4, 0.5) is 0 Å². The molecule has 0 bridgehead atoms. The third-order valence-corrected chi connectivity index (χ3v) is 4.09. The Hall–Kier alpha value is -2.14. The number of carbonyl (C=O) groups excluding carboxylic acids is 1. The Bertz CT molecular complexity index is 723. The molecule has 1 aliphatic carbocycles. The van der Waals surface area contributed by atoms with Crippen molar-refractivity contribution in [1.82, 2.24) is 5.43 Å². The number of carbonyl (C=O) groups is 1. The van der Waals surface area contributed by atoms with Crippen LogP contribution in [0.5, 0.6) is 0 Å². The third kappa shape index (κ3) is 3.36. The zero-order chi connectivity index (χ0) is 15.5. The Kier molecular flexibility index (Phi) is 4.24. The molecule has 112 valence electrons. The molecule has 1 amide bonds. The Morgan fingerprint density at radius 2 is 2.00 bits per heavy atom. The van der Waals surface area contributed by atoms with Crippen molar-refractivity contribution in [2.24, 2.45) is 11.0 Å². The van der Waals surface area contributed by atoms with Gasteiger partial charge in [0.2, 0.25) is 5.91 Å². The Balaban J connectivity index is 1.59. The lowest BCUT2D eigenvalue weighted by Crippen LogP contribution is -2.32. The molecule has 4 nitrogen and oxygen atoms in total. The maximum atomic E-state index is 11.7. The SMILES string of the molecule is C=C1CC(C(=O)N/N=C\c2ccc(-c3ccc(Br)cc3)o2)C1. The highest BCUT2D eigenvalue weighted by Gasteiger charge is 2.28. The van der Waals surface area contributed by atoms with Crippen LogP contribution in [0.2, 0.25) is 0 Å². The predicted octanol–water partition coefficient (Wildman–Crippen LogP) is 4.13. The standard InChI is InChI=1S/C17H15BrN2O2/c1-11-8-13(9-11)17(21)20-19-10-15-6-7-16(22-15)12-2-4-14(18)5-3-12/h2-7,10,13H,1,8-9H2,(H,20,21)/b19-10-. The summed E-state index contributed by atoms with van der Waals surface area (Å²) >= 11 is 3.40. The molecule has 0 saturated heterocycles. The minimum Gasteiger partial charge on any atom is -0.455 e. The number of hydrogen-bond donors (Lipinski definition) is 1. The van der Waals surface area contributed by atoms with Gasteiger partial charge < -0.3 is 4.42 Å². The number of nitrogens with one attached hydrogen (secondary N) is 1. The first-order valence-electron chi connectivity index (χ1n) is 6.97. The van der Waals surface area contributed by atoms with Crippen molar-refractivity contribution in [1.29, 1.82) is 0 Å². The predicted molar refractivity (Wildman–Crippen MR) is 89.4 cm³/mol. The van der Waals surface area contributed by atoms with Gasteiger partial charge in [0.05, 0.1) is 6.21 Å². The lowest BCUT2D eigenvalue weighted by atomic mass is 9.81. The molecule has 0 radical (unpaired) electrons. The Morgan fingerprint density at radius 3 is 2.68 bits per heavy atom. The van der Waals surface area contributed by atoms with E-state index in [0.29, 0.717) is 5.76 Å². The van der Waals surface area contributed by atoms with E-state index >= 15 is 0 Å². The first kappa shape index (κ1) is 14.8. The van der Waals surface area contributed by atoms with E-state index in [4.69, 9.17) is 4.42 Å². The molecule has 2 aromatic rings. The van der Waals surface area contributed by atoms with Crippen molar-refractivity contribution in [2.75, 3.05) is 0 Å². The number of amides is 1. The van der Waals surface area contributed by atoms with Gasteiger partial charge in [-0.2, -0.15) is 5.10 Å². The summed E-state index contributed by atoms with van der Waals surface area (Å²) in [5.74, 6) is 1.30. The highest BCUT2D eigenvalue weighted by molar-refractivity contribution is 9.10. The second-order valence-electron chi connectivity index (χ2n) is 5.30. The maximum Gasteiger partial charge on any atom is 0.243 e. The summed E-state index contributed by atoms with van der Waals surface area (Å²) in [6.07, 6.45) is 3.03. The van der Waals surface area contributed by atoms with Gasteiger partial charge in [-0.1, -0.05) is 40.2 Å². The minimum atomic E-state index is -0.0664. The number of hydrazone groups is 1. The van der Waals surface area contributed by atoms with E-state index in [9.17, 15) is 4.79 Å². The molecular formula is C17H15BrN2O2. The van der Waals surface area contributed by atoms with Crippen molar-refractivity contribution in [3.8, 4) is 11.3 Å². The molecule has 1 heterocycles. The zero-order valence-electron chi connectivity index (χ0n) is 11.9. The van der Waals surface area contributed by atoms with Crippen LogP contribution >= 0.6 is 15.9 Å². The highest BCUT2D eigenvalue weighted by Crippen LogP contribution is 2.31. The van der Waals surface area contributed by atoms with Gasteiger partial charge in [0.1, 0.15) is 11.5 Å². The van der Waals surface area contributed by atoms with Crippen molar-refractivity contribution >= 4 is 28.1 Å². The molecule has 0 aliphatic heterocycles. The van der Waals surface area contributed by atoms with Gasteiger partial charge in [0, 0.05) is 16.0 Å². The smallest absolute Gasteiger partial charge is 0.243 e. The van der Waals surface area contributed by atoms with E-state index in [2.05, 4.69) is 33.0 Å². The van der Waals surface area contributed by atoms with E-state index in [1.165, 1.54) is 6.21 Å². The van der Waals surface area contributed by atoms with Crippen molar-refractivity contribution < 1.29 is 9.21 Å². The van der Waals surface area contributed by atoms with Crippen LogP contribution in [0.3, 0.4) is 0 Å². The van der Waals surface area contributed by atoms with Crippen LogP contribution in [0.1, 0.15) is 18.6 Å². The number of hydrogen-bond acceptors (Lipinski definition) is 3. The largest absolute Gasteiger partial charge is 0.455 e. The van der Waals surface area contributed by atoms with E-state index in [-0.39, 0.29) is 11.8 Å². The van der Waals surface area contributed by atoms with Gasteiger partial charge in [-0.3, -0.25) is 4.79 Å². The summed E-state index contributed by atoms with van der Waals surface area (Å²) in [7, 11) is 0. The molecular weight excluding hydrogens is 344 g/mol. The van der Waals surface area contributed by atoms with E-state index in [1.807, 2.05) is 36.4 Å². The lowest BCUT2D eigenvalue weighted by molar-refractivity contribution is -0.126. The molecule has 0 unspecified atom stereocenters. The fourth-order valence-corrected chi connectivity index (χ4v) is 2.53. The quantitative estimate of drug-likeness (QED) is 0.507. The second kappa shape index (κ2) is 6.32. The van der Waals surface area contributed by atoms with E-state index in [1.54, 1.807) is 0 Å². The van der Waals surface area contributed by atoms with Gasteiger partial charge in [-0.25, -0.2) is 5.43 Å². The van der Waals surface area contributed by atoms with Crippen LogP contribution in [0, 0.1) is 5.92 Å². The molecule has 1 fully saturated rings. The normalized spacial score (nSPS) is 15.0. The lowest BCUT2D eigenvalue weighted by Gasteiger charge is -2.25. The second-order valence-corrected chi connectivity index (χ2v) is 6.21. The van der Waals surface area contributed by atoms with Gasteiger partial charge >= 0.3 is 0 Å². The van der Waals surface area contributed by atoms with Crippen molar-refractivity contribution in [3.05, 3.63) is 58.8 Å². The number of rotatable bonds is 4. The van der Waals surface area contributed by atoms with E-state index in [0.717, 1.165) is 34.2 Å².